The average Bonchev–Trinajstić information content (AvgIpc) is 3.06. The normalized spacial score (nSPS) is 15.9. The van der Waals surface area contributed by atoms with Crippen LogP contribution in [0.25, 0.3) is 0 Å². The van der Waals surface area contributed by atoms with Gasteiger partial charge >= 0.3 is 5.97 Å². The van der Waals surface area contributed by atoms with Crippen molar-refractivity contribution in [1.29, 1.82) is 0 Å². The van der Waals surface area contributed by atoms with Crippen molar-refractivity contribution in [3.05, 3.63) is 39.9 Å². The van der Waals surface area contributed by atoms with Crippen molar-refractivity contribution in [3.63, 3.8) is 0 Å². The SMILES string of the molecule is Cl.O=C(NCCO[N+](=O)[O-])c1ccccc1OC(=O)C1CSCN1. The highest BCUT2D eigenvalue weighted by Crippen LogP contribution is 2.20. The molecule has 0 aliphatic carbocycles. The number of carbonyl (C=O) groups excluding carboxylic acids is 2. The Morgan fingerprint density at radius 2 is 2.17 bits per heavy atom. The minimum Gasteiger partial charge on any atom is -0.424 e. The molecule has 1 atom stereocenters. The molecule has 132 valence electrons. The number of esters is 1. The minimum absolute atomic E-state index is 0. The van der Waals surface area contributed by atoms with Crippen LogP contribution in [0.2, 0.25) is 0 Å². The second kappa shape index (κ2) is 9.96. The number of hydrogen-bond donors (Lipinski definition) is 2. The monoisotopic (exact) mass is 377 g/mol. The highest BCUT2D eigenvalue weighted by molar-refractivity contribution is 7.99. The van der Waals surface area contributed by atoms with Crippen LogP contribution in [0.3, 0.4) is 0 Å². The fraction of sp³-hybridized carbons (Fsp3) is 0.385. The second-order valence-corrected chi connectivity index (χ2v) is 5.53. The van der Waals surface area contributed by atoms with Crippen LogP contribution in [0.5, 0.6) is 5.75 Å². The molecule has 0 spiro atoms. The lowest BCUT2D eigenvalue weighted by atomic mass is 10.2. The lowest BCUT2D eigenvalue weighted by Crippen LogP contribution is -2.36. The van der Waals surface area contributed by atoms with E-state index in [1.165, 1.54) is 12.1 Å². The summed E-state index contributed by atoms with van der Waals surface area (Å²) in [4.78, 5) is 38.2. The number of nitrogens with zero attached hydrogens (tertiary/aromatic N) is 1. The van der Waals surface area contributed by atoms with Crippen molar-refractivity contribution in [2.24, 2.45) is 0 Å². The predicted molar refractivity (Wildman–Crippen MR) is 88.9 cm³/mol. The predicted octanol–water partition coefficient (Wildman–Crippen LogP) is 0.614. The van der Waals surface area contributed by atoms with E-state index in [0.717, 1.165) is 0 Å². The van der Waals surface area contributed by atoms with Crippen LogP contribution in [-0.4, -0.2) is 47.8 Å². The minimum atomic E-state index is -0.936. The molecule has 11 heteroatoms. The third kappa shape index (κ3) is 5.87. The molecule has 1 fully saturated rings. The van der Waals surface area contributed by atoms with Crippen LogP contribution in [0, 0.1) is 10.1 Å². The van der Waals surface area contributed by atoms with Gasteiger partial charge in [-0.3, -0.25) is 10.1 Å². The number of carbonyl (C=O) groups is 2. The summed E-state index contributed by atoms with van der Waals surface area (Å²) in [5, 5.41) is 14.5. The number of rotatable bonds is 7. The fourth-order valence-corrected chi connectivity index (χ4v) is 2.78. The molecule has 1 saturated heterocycles. The van der Waals surface area contributed by atoms with Gasteiger partial charge in [0.1, 0.15) is 18.4 Å². The van der Waals surface area contributed by atoms with Crippen molar-refractivity contribution < 1.29 is 24.3 Å². The summed E-state index contributed by atoms with van der Waals surface area (Å²) in [7, 11) is 0. The van der Waals surface area contributed by atoms with Crippen LogP contribution in [0.1, 0.15) is 10.4 Å². The highest BCUT2D eigenvalue weighted by Gasteiger charge is 2.25. The average molecular weight is 378 g/mol. The van der Waals surface area contributed by atoms with Gasteiger partial charge in [-0.15, -0.1) is 34.3 Å². The first kappa shape index (κ1) is 20.0. The van der Waals surface area contributed by atoms with Crippen molar-refractivity contribution in [3.8, 4) is 5.75 Å². The Kier molecular flexibility index (Phi) is 8.30. The molecule has 2 N–H and O–H groups in total. The first-order valence-corrected chi connectivity index (χ1v) is 7.91. The summed E-state index contributed by atoms with van der Waals surface area (Å²) in [5.41, 5.74) is 0.174. The van der Waals surface area contributed by atoms with Crippen molar-refractivity contribution in [2.45, 2.75) is 6.04 Å². The van der Waals surface area contributed by atoms with Crippen LogP contribution in [-0.2, 0) is 9.63 Å². The molecule has 0 saturated carbocycles. The van der Waals surface area contributed by atoms with Crippen molar-refractivity contribution in [2.75, 3.05) is 24.8 Å². The van der Waals surface area contributed by atoms with Gasteiger partial charge in [-0.25, -0.2) is 4.79 Å². The van der Waals surface area contributed by atoms with E-state index >= 15 is 0 Å². The topological polar surface area (TPSA) is 120 Å². The van der Waals surface area contributed by atoms with Gasteiger partial charge < -0.3 is 14.9 Å². The molecule has 1 aliphatic heterocycles. The standard InChI is InChI=1S/C13H15N3O6S.ClH/c17-12(14-5-6-21-16(19)20)9-3-1-2-4-11(9)22-13(18)10-7-23-8-15-10;/h1-4,10,15H,5-8H2,(H,14,17);1H. The molecule has 0 radical (unpaired) electrons. The van der Waals surface area contributed by atoms with Crippen LogP contribution < -0.4 is 15.4 Å². The maximum absolute atomic E-state index is 12.1. The summed E-state index contributed by atoms with van der Waals surface area (Å²) in [5.74, 6) is 0.481. The number of amides is 1. The number of nitrogens with one attached hydrogen (secondary N) is 2. The van der Waals surface area contributed by atoms with Gasteiger partial charge in [-0.1, -0.05) is 12.1 Å². The zero-order chi connectivity index (χ0) is 16.7. The zero-order valence-corrected chi connectivity index (χ0v) is 14.1. The third-order valence-electron chi connectivity index (χ3n) is 2.93. The molecule has 0 aromatic heterocycles. The fourth-order valence-electron chi connectivity index (χ4n) is 1.85. The Labute approximate surface area is 148 Å². The Bertz CT molecular complexity index is 597. The largest absolute Gasteiger partial charge is 0.424 e. The van der Waals surface area contributed by atoms with E-state index in [1.54, 1.807) is 23.9 Å². The maximum Gasteiger partial charge on any atom is 0.329 e. The summed E-state index contributed by atoms with van der Waals surface area (Å²) in [6.07, 6.45) is 0. The molecule has 1 heterocycles. The first-order valence-electron chi connectivity index (χ1n) is 6.75. The summed E-state index contributed by atoms with van der Waals surface area (Å²) < 4.78 is 5.28. The van der Waals surface area contributed by atoms with Gasteiger partial charge in [0.15, 0.2) is 0 Å². The van der Waals surface area contributed by atoms with E-state index in [9.17, 15) is 19.7 Å². The van der Waals surface area contributed by atoms with E-state index in [0.29, 0.717) is 11.6 Å². The van der Waals surface area contributed by atoms with Gasteiger partial charge in [0.2, 0.25) is 0 Å². The van der Waals surface area contributed by atoms with Crippen molar-refractivity contribution in [1.82, 2.24) is 10.6 Å². The number of halogens is 1. The van der Waals surface area contributed by atoms with Gasteiger partial charge in [-0.05, 0) is 12.1 Å². The Morgan fingerprint density at radius 3 is 2.83 bits per heavy atom. The molecule has 0 bridgehead atoms. The second-order valence-electron chi connectivity index (χ2n) is 4.50. The lowest BCUT2D eigenvalue weighted by Gasteiger charge is -2.12. The highest BCUT2D eigenvalue weighted by atomic mass is 35.5. The number of thioether (sulfide) groups is 1. The van der Waals surface area contributed by atoms with E-state index in [1.807, 2.05) is 0 Å². The third-order valence-corrected chi connectivity index (χ3v) is 3.87. The summed E-state index contributed by atoms with van der Waals surface area (Å²) in [6.45, 7) is -0.299. The number of benzene rings is 1. The zero-order valence-electron chi connectivity index (χ0n) is 12.4. The summed E-state index contributed by atoms with van der Waals surface area (Å²) >= 11 is 1.59. The number of para-hydroxylation sites is 1. The van der Waals surface area contributed by atoms with E-state index in [4.69, 9.17) is 4.74 Å². The Balaban J connectivity index is 0.00000288. The smallest absolute Gasteiger partial charge is 0.329 e. The van der Waals surface area contributed by atoms with E-state index in [-0.39, 0.29) is 36.9 Å². The molecule has 1 aromatic carbocycles. The molecule has 1 unspecified atom stereocenters. The van der Waals surface area contributed by atoms with Crippen molar-refractivity contribution >= 4 is 36.0 Å². The Morgan fingerprint density at radius 1 is 1.42 bits per heavy atom. The van der Waals surface area contributed by atoms with Gasteiger partial charge in [0.25, 0.3) is 11.0 Å². The molecular weight excluding hydrogens is 362 g/mol. The van der Waals surface area contributed by atoms with E-state index in [2.05, 4.69) is 15.5 Å². The lowest BCUT2D eigenvalue weighted by molar-refractivity contribution is -0.757. The Hall–Kier alpha value is -2.04. The molecule has 24 heavy (non-hydrogen) atoms. The molecular formula is C13H16ClN3O6S. The van der Waals surface area contributed by atoms with E-state index < -0.39 is 23.0 Å². The van der Waals surface area contributed by atoms with Gasteiger partial charge in [0, 0.05) is 18.2 Å². The molecule has 1 amide bonds. The van der Waals surface area contributed by atoms with Crippen LogP contribution >= 0.6 is 24.2 Å². The van der Waals surface area contributed by atoms with Gasteiger partial charge in [-0.2, -0.15) is 0 Å². The number of hydrogen-bond acceptors (Lipinski definition) is 8. The molecule has 2 rings (SSSR count). The molecule has 1 aliphatic rings. The van der Waals surface area contributed by atoms with Crippen LogP contribution in [0.4, 0.5) is 0 Å². The molecule has 1 aromatic rings. The van der Waals surface area contributed by atoms with Gasteiger partial charge in [0.05, 0.1) is 5.56 Å². The maximum atomic E-state index is 12.1. The summed E-state index contributed by atoms with van der Waals surface area (Å²) in [6, 6.07) is 5.89. The van der Waals surface area contributed by atoms with Crippen LogP contribution in [0.15, 0.2) is 24.3 Å². The quantitative estimate of drug-likeness (QED) is 0.233. The number of ether oxygens (including phenoxy) is 1. The first-order chi connectivity index (χ1) is 11.1. The molecule has 9 nitrogen and oxygen atoms in total.